The number of H-pyrrole nitrogens is 1. The molecule has 3 unspecified atom stereocenters. The van der Waals surface area contributed by atoms with Crippen LogP contribution in [0.3, 0.4) is 0 Å². The normalized spacial score (nSPS) is 14.1. The van der Waals surface area contributed by atoms with E-state index in [0.29, 0.717) is 5.82 Å². The Balaban J connectivity index is 2.52. The van der Waals surface area contributed by atoms with Gasteiger partial charge in [0.2, 0.25) is 0 Å². The molecule has 0 spiro atoms. The smallest absolute Gasteiger partial charge is 0.335 e. The van der Waals surface area contributed by atoms with E-state index in [9.17, 15) is 4.39 Å². The number of nitrogens with one attached hydrogen (secondary N) is 1. The van der Waals surface area contributed by atoms with Crippen molar-refractivity contribution < 1.29 is 9.13 Å². The molecule has 1 aromatic heterocycles. The average molecular weight is 238 g/mol. The number of nitrogens with two attached hydrogens (primary N) is 1. The molecule has 8 heteroatoms. The molecule has 3 N–H and O–H groups in total. The van der Waals surface area contributed by atoms with E-state index in [1.165, 1.54) is 0 Å². The third kappa shape index (κ3) is 3.82. The Hall–Kier alpha value is -0.310. The molecule has 80 valence electrons. The summed E-state index contributed by atoms with van der Waals surface area (Å²) in [4.78, 5) is 3.91. The van der Waals surface area contributed by atoms with Gasteiger partial charge in [0.05, 0.1) is 6.04 Å². The Morgan fingerprint density at radius 1 is 1.71 bits per heavy atom. The quantitative estimate of drug-likeness (QED) is 0.752. The highest BCUT2D eigenvalue weighted by Gasteiger charge is 2.18. The maximum absolute atomic E-state index is 13.0. The molecule has 5 nitrogen and oxygen atoms in total. The molecular weight excluding hydrogens is 225 g/mol. The van der Waals surface area contributed by atoms with Crippen LogP contribution in [0.4, 0.5) is 4.39 Å². The van der Waals surface area contributed by atoms with Crippen LogP contribution in [-0.2, 0) is 0 Å². The minimum atomic E-state index is -1.56. The predicted octanol–water partition coefficient (Wildman–Crippen LogP) is 0.577. The highest BCUT2D eigenvalue weighted by molar-refractivity contribution is 7.39. The first-order valence-corrected chi connectivity index (χ1v) is 5.11. The second kappa shape index (κ2) is 4.47. The molecule has 0 saturated heterocycles. The molecule has 0 radical (unpaired) electrons. The van der Waals surface area contributed by atoms with Gasteiger partial charge >= 0.3 is 6.01 Å². The topological polar surface area (TPSA) is 76.8 Å². The minimum absolute atomic E-state index is 0.101. The average Bonchev–Trinajstić information content (AvgIpc) is 2.47. The summed E-state index contributed by atoms with van der Waals surface area (Å²) < 4.78 is 17.9. The van der Waals surface area contributed by atoms with Gasteiger partial charge in [-0.3, -0.25) is 5.10 Å². The van der Waals surface area contributed by atoms with Crippen LogP contribution >= 0.6 is 18.5 Å². The van der Waals surface area contributed by atoms with Crippen molar-refractivity contribution in [1.82, 2.24) is 15.2 Å². The van der Waals surface area contributed by atoms with Crippen molar-refractivity contribution in [3.05, 3.63) is 5.82 Å². The van der Waals surface area contributed by atoms with Gasteiger partial charge in [-0.15, -0.1) is 5.10 Å². The Morgan fingerprint density at radius 3 is 2.79 bits per heavy atom. The number of aromatic nitrogens is 3. The lowest BCUT2D eigenvalue weighted by Crippen LogP contribution is -2.16. The molecule has 1 heterocycles. The van der Waals surface area contributed by atoms with Crippen LogP contribution in [0.5, 0.6) is 6.01 Å². The number of rotatable bonds is 4. The fraction of sp³-hybridized carbons (Fsp3) is 0.667. The molecule has 1 rings (SSSR count). The summed E-state index contributed by atoms with van der Waals surface area (Å²) in [5, 5.41) is 4.75. The van der Waals surface area contributed by atoms with Crippen molar-refractivity contribution >= 4 is 18.5 Å². The Kier molecular flexibility index (Phi) is 3.76. The lowest BCUT2D eigenvalue weighted by molar-refractivity contribution is 0.218. The molecule has 0 aliphatic heterocycles. The monoisotopic (exact) mass is 238 g/mol. The molecule has 0 amide bonds. The maximum atomic E-state index is 13.0. The van der Waals surface area contributed by atoms with Gasteiger partial charge in [-0.05, 0) is 6.92 Å². The van der Waals surface area contributed by atoms with Crippen molar-refractivity contribution in [2.24, 2.45) is 5.73 Å². The van der Waals surface area contributed by atoms with Crippen molar-refractivity contribution in [2.45, 2.75) is 18.1 Å². The highest BCUT2D eigenvalue weighted by atomic mass is 31.1. The fourth-order valence-corrected chi connectivity index (χ4v) is 0.868. The van der Waals surface area contributed by atoms with Crippen molar-refractivity contribution in [3.63, 3.8) is 0 Å². The van der Waals surface area contributed by atoms with Gasteiger partial charge in [-0.25, -0.2) is 4.39 Å². The molecule has 1 aromatic rings. The third-order valence-corrected chi connectivity index (χ3v) is 1.67. The largest absolute Gasteiger partial charge is 0.458 e. The van der Waals surface area contributed by atoms with E-state index in [-0.39, 0.29) is 18.7 Å². The lowest BCUT2D eigenvalue weighted by atomic mass is 10.3. The summed E-state index contributed by atoms with van der Waals surface area (Å²) in [5.74, 6) is 0.511. The lowest BCUT2D eigenvalue weighted by Gasteiger charge is -2.12. The molecule has 0 aliphatic carbocycles. The second-order valence-electron chi connectivity index (χ2n) is 3.01. The number of aromatic amines is 1. The zero-order valence-corrected chi connectivity index (χ0v) is 10.0. The first kappa shape index (κ1) is 11.8. The van der Waals surface area contributed by atoms with Crippen molar-refractivity contribution in [1.29, 1.82) is 0 Å². The first-order chi connectivity index (χ1) is 6.38. The van der Waals surface area contributed by atoms with E-state index in [0.717, 1.165) is 0 Å². The molecule has 0 aromatic carbocycles. The number of halogens is 1. The molecule has 0 aliphatic rings. The van der Waals surface area contributed by atoms with Crippen LogP contribution in [0.25, 0.3) is 0 Å². The highest BCUT2D eigenvalue weighted by Crippen LogP contribution is 2.28. The van der Waals surface area contributed by atoms with Crippen LogP contribution in [0, 0.1) is 0 Å². The Morgan fingerprint density at radius 2 is 2.36 bits per heavy atom. The molecule has 0 bridgehead atoms. The van der Waals surface area contributed by atoms with Crippen LogP contribution in [0.15, 0.2) is 0 Å². The van der Waals surface area contributed by atoms with E-state index < -0.39 is 5.15 Å². The number of hydrogen-bond donors (Lipinski definition) is 2. The summed E-state index contributed by atoms with van der Waals surface area (Å²) in [5.41, 5.74) is 5.54. The zero-order chi connectivity index (χ0) is 10.8. The van der Waals surface area contributed by atoms with Crippen molar-refractivity contribution in [2.75, 3.05) is 6.61 Å². The second-order valence-corrected chi connectivity index (χ2v) is 5.59. The summed E-state index contributed by atoms with van der Waals surface area (Å²) in [7, 11) is 3.99. The van der Waals surface area contributed by atoms with Crippen LogP contribution in [-0.4, -0.2) is 26.9 Å². The molecule has 0 fully saturated rings. The number of nitrogens with zero attached hydrogens (tertiary/aromatic N) is 2. The summed E-state index contributed by atoms with van der Waals surface area (Å²) in [6.45, 7) is 1.60. The Bertz CT molecular complexity index is 298. The van der Waals surface area contributed by atoms with Crippen molar-refractivity contribution in [3.8, 4) is 6.01 Å². The van der Waals surface area contributed by atoms with Gasteiger partial charge < -0.3 is 10.5 Å². The maximum Gasteiger partial charge on any atom is 0.335 e. The van der Waals surface area contributed by atoms with Crippen LogP contribution in [0.1, 0.15) is 18.8 Å². The number of hydrogen-bond acceptors (Lipinski definition) is 4. The predicted molar refractivity (Wildman–Crippen MR) is 57.7 cm³/mol. The Labute approximate surface area is 85.8 Å². The van der Waals surface area contributed by atoms with Crippen LogP contribution in [0.2, 0.25) is 0 Å². The first-order valence-electron chi connectivity index (χ1n) is 3.96. The minimum Gasteiger partial charge on any atom is -0.458 e. The molecular formula is C6H13FN4OP2. The van der Waals surface area contributed by atoms with E-state index in [2.05, 4.69) is 15.2 Å². The van der Waals surface area contributed by atoms with E-state index in [1.807, 2.05) is 18.5 Å². The van der Waals surface area contributed by atoms with Gasteiger partial charge in [-0.2, -0.15) is 4.98 Å². The fourth-order valence-electron chi connectivity index (χ4n) is 0.701. The SMILES string of the molecule is CC(N)c1nc(OCC(F)(P)P)n[nH]1. The van der Waals surface area contributed by atoms with E-state index in [1.54, 1.807) is 6.92 Å². The number of ether oxygens (including phenoxy) is 1. The number of alkyl halides is 1. The van der Waals surface area contributed by atoms with E-state index in [4.69, 9.17) is 10.5 Å². The summed E-state index contributed by atoms with van der Waals surface area (Å²) >= 11 is 0. The third-order valence-electron chi connectivity index (χ3n) is 1.34. The summed E-state index contributed by atoms with van der Waals surface area (Å²) in [6.07, 6.45) is 0. The standard InChI is InChI=1S/C6H13FN4OP2/c1-3(8)4-9-5(11-10-4)12-2-6(7,13)14/h3H,2,8,13-14H2,1H3,(H,9,10,11). The van der Waals surface area contributed by atoms with Gasteiger partial charge in [0.1, 0.15) is 12.4 Å². The summed E-state index contributed by atoms with van der Waals surface area (Å²) in [6, 6.07) is -0.147. The molecule has 0 saturated carbocycles. The molecule has 14 heavy (non-hydrogen) atoms. The van der Waals surface area contributed by atoms with Gasteiger partial charge in [0.15, 0.2) is 5.15 Å². The van der Waals surface area contributed by atoms with E-state index >= 15 is 0 Å². The molecule has 3 atom stereocenters. The van der Waals surface area contributed by atoms with Crippen LogP contribution < -0.4 is 10.5 Å². The van der Waals surface area contributed by atoms with Gasteiger partial charge in [0, 0.05) is 0 Å². The van der Waals surface area contributed by atoms with Gasteiger partial charge in [-0.1, -0.05) is 18.5 Å². The van der Waals surface area contributed by atoms with Gasteiger partial charge in [0.25, 0.3) is 0 Å². The zero-order valence-electron chi connectivity index (χ0n) is 7.70.